The van der Waals surface area contributed by atoms with Crippen molar-refractivity contribution in [2.45, 2.75) is 25.0 Å². The first-order chi connectivity index (χ1) is 14.6. The quantitative estimate of drug-likeness (QED) is 0.765. The van der Waals surface area contributed by atoms with Crippen LogP contribution < -0.4 is 15.4 Å². The zero-order chi connectivity index (χ0) is 21.0. The van der Waals surface area contributed by atoms with Crippen LogP contribution in [0.2, 0.25) is 0 Å². The summed E-state index contributed by atoms with van der Waals surface area (Å²) in [5.74, 6) is 0.669. The van der Waals surface area contributed by atoms with Crippen molar-refractivity contribution in [3.63, 3.8) is 0 Å². The van der Waals surface area contributed by atoms with Gasteiger partial charge in [-0.25, -0.2) is 0 Å². The minimum absolute atomic E-state index is 0.00861. The number of rotatable bonds is 6. The summed E-state index contributed by atoms with van der Waals surface area (Å²) in [7, 11) is 1.63. The van der Waals surface area contributed by atoms with Crippen LogP contribution in [0.4, 0.5) is 0 Å². The molecule has 2 heterocycles. The van der Waals surface area contributed by atoms with Gasteiger partial charge in [-0.05, 0) is 17.7 Å². The first-order valence-corrected chi connectivity index (χ1v) is 10.2. The van der Waals surface area contributed by atoms with Gasteiger partial charge in [-0.2, -0.15) is 0 Å². The van der Waals surface area contributed by atoms with Gasteiger partial charge in [-0.15, -0.1) is 0 Å². The van der Waals surface area contributed by atoms with E-state index in [1.54, 1.807) is 7.11 Å². The molecule has 2 aliphatic heterocycles. The van der Waals surface area contributed by atoms with Crippen molar-refractivity contribution in [2.75, 3.05) is 26.7 Å². The van der Waals surface area contributed by atoms with E-state index >= 15 is 0 Å². The molecule has 0 saturated carbocycles. The molecule has 2 aromatic carbocycles. The summed E-state index contributed by atoms with van der Waals surface area (Å²) < 4.78 is 5.14. The van der Waals surface area contributed by atoms with Crippen molar-refractivity contribution in [1.82, 2.24) is 15.5 Å². The van der Waals surface area contributed by atoms with Crippen molar-refractivity contribution in [2.24, 2.45) is 4.99 Å². The van der Waals surface area contributed by atoms with Gasteiger partial charge in [0, 0.05) is 38.0 Å². The van der Waals surface area contributed by atoms with E-state index in [2.05, 4.69) is 15.5 Å². The lowest BCUT2D eigenvalue weighted by atomic mass is 9.98. The van der Waals surface area contributed by atoms with Crippen molar-refractivity contribution in [1.29, 1.82) is 0 Å². The second kappa shape index (κ2) is 8.67. The number of carbonyl (C=O) groups is 2. The molecule has 1 saturated heterocycles. The van der Waals surface area contributed by atoms with Crippen molar-refractivity contribution >= 4 is 17.5 Å². The summed E-state index contributed by atoms with van der Waals surface area (Å²) in [5.41, 5.74) is 1.82. The second-order valence-electron chi connectivity index (χ2n) is 7.71. The number of piperidine rings is 1. The Kier molecular flexibility index (Phi) is 5.81. The maximum atomic E-state index is 12.4. The summed E-state index contributed by atoms with van der Waals surface area (Å²) in [6.07, 6.45) is 1.39. The lowest BCUT2D eigenvalue weighted by molar-refractivity contribution is -0.123. The highest BCUT2D eigenvalue weighted by Crippen LogP contribution is 2.28. The lowest BCUT2D eigenvalue weighted by Gasteiger charge is -2.36. The number of amides is 2. The third-order valence-corrected chi connectivity index (χ3v) is 5.63. The predicted octanol–water partition coefficient (Wildman–Crippen LogP) is 1.72. The summed E-state index contributed by atoms with van der Waals surface area (Å²) in [4.78, 5) is 31.6. The minimum Gasteiger partial charge on any atom is -0.497 e. The van der Waals surface area contributed by atoms with Gasteiger partial charge in [-0.3, -0.25) is 19.5 Å². The van der Waals surface area contributed by atoms with Crippen LogP contribution in [-0.4, -0.2) is 54.8 Å². The molecule has 0 atom stereocenters. The minimum atomic E-state index is -0.543. The second-order valence-corrected chi connectivity index (χ2v) is 7.71. The predicted molar refractivity (Wildman–Crippen MR) is 114 cm³/mol. The van der Waals surface area contributed by atoms with Crippen molar-refractivity contribution in [3.05, 3.63) is 65.7 Å². The number of hydrogen-bond donors (Lipinski definition) is 2. The highest BCUT2D eigenvalue weighted by atomic mass is 16.5. The molecule has 0 aliphatic carbocycles. The number of benzene rings is 2. The number of nitrogens with one attached hydrogen (secondary N) is 2. The summed E-state index contributed by atoms with van der Waals surface area (Å²) >= 11 is 0. The molecule has 0 radical (unpaired) electrons. The molecular weight excluding hydrogens is 380 g/mol. The number of nitrogens with zero attached hydrogens (tertiary/aromatic N) is 2. The molecular formula is C23H26N4O3. The van der Waals surface area contributed by atoms with E-state index in [-0.39, 0.29) is 11.8 Å². The topological polar surface area (TPSA) is 83.0 Å². The third-order valence-electron chi connectivity index (χ3n) is 5.63. The summed E-state index contributed by atoms with van der Waals surface area (Å²) in [5, 5.41) is 6.03. The molecule has 1 fully saturated rings. The van der Waals surface area contributed by atoms with Crippen LogP contribution in [0.15, 0.2) is 59.6 Å². The number of methoxy groups -OCH3 is 1. The van der Waals surface area contributed by atoms with Gasteiger partial charge in [0.05, 0.1) is 13.7 Å². The van der Waals surface area contributed by atoms with E-state index in [1.165, 1.54) is 0 Å². The van der Waals surface area contributed by atoms with Crippen LogP contribution in [0, 0.1) is 0 Å². The van der Waals surface area contributed by atoms with E-state index in [4.69, 9.17) is 9.73 Å². The fraction of sp³-hybridized carbons (Fsp3) is 0.348. The SMILES string of the molecule is COc1ccc(CNC(=O)CN2CCC3(CC2)N=C(c2ccccc2)C(=O)N3)cc1. The van der Waals surface area contributed by atoms with Gasteiger partial charge in [0.2, 0.25) is 5.91 Å². The molecule has 0 aromatic heterocycles. The Bertz CT molecular complexity index is 933. The van der Waals surface area contributed by atoms with Crippen molar-refractivity contribution in [3.8, 4) is 5.75 Å². The maximum Gasteiger partial charge on any atom is 0.272 e. The molecule has 2 aromatic rings. The van der Waals surface area contributed by atoms with E-state index in [0.717, 1.165) is 16.9 Å². The third kappa shape index (κ3) is 4.52. The molecule has 7 nitrogen and oxygen atoms in total. The number of ether oxygens (including phenoxy) is 1. The molecule has 7 heteroatoms. The van der Waals surface area contributed by atoms with Crippen LogP contribution >= 0.6 is 0 Å². The molecule has 2 amide bonds. The fourth-order valence-corrected chi connectivity index (χ4v) is 3.88. The zero-order valence-electron chi connectivity index (χ0n) is 17.1. The van der Waals surface area contributed by atoms with Crippen LogP contribution in [-0.2, 0) is 16.1 Å². The Labute approximate surface area is 176 Å². The van der Waals surface area contributed by atoms with E-state index in [1.807, 2.05) is 54.6 Å². The number of hydrogen-bond acceptors (Lipinski definition) is 5. The Morgan fingerprint density at radius 3 is 2.50 bits per heavy atom. The molecule has 2 aliphatic rings. The highest BCUT2D eigenvalue weighted by Gasteiger charge is 2.42. The Morgan fingerprint density at radius 1 is 1.13 bits per heavy atom. The number of aliphatic imine (C=N–C) groups is 1. The summed E-state index contributed by atoms with van der Waals surface area (Å²) in [6, 6.07) is 17.2. The molecule has 156 valence electrons. The monoisotopic (exact) mass is 406 g/mol. The lowest BCUT2D eigenvalue weighted by Crippen LogP contribution is -2.52. The first kappa shape index (κ1) is 20.1. The standard InChI is InChI=1S/C23H26N4O3/c1-30-19-9-7-17(8-10-19)15-24-20(28)16-27-13-11-23(12-14-27)25-21(22(29)26-23)18-5-3-2-4-6-18/h2-10H,11-16H2,1H3,(H,24,28)(H,26,29). The van der Waals surface area contributed by atoms with E-state index < -0.39 is 5.66 Å². The van der Waals surface area contributed by atoms with E-state index in [9.17, 15) is 9.59 Å². The van der Waals surface area contributed by atoms with Crippen molar-refractivity contribution < 1.29 is 14.3 Å². The van der Waals surface area contributed by atoms with Crippen LogP contribution in [0.5, 0.6) is 5.75 Å². The van der Waals surface area contributed by atoms with Gasteiger partial charge in [0.25, 0.3) is 5.91 Å². The molecule has 0 bridgehead atoms. The summed E-state index contributed by atoms with van der Waals surface area (Å²) in [6.45, 7) is 2.25. The smallest absolute Gasteiger partial charge is 0.272 e. The average molecular weight is 406 g/mol. The molecule has 30 heavy (non-hydrogen) atoms. The Balaban J connectivity index is 1.28. The van der Waals surface area contributed by atoms with Crippen LogP contribution in [0.25, 0.3) is 0 Å². The average Bonchev–Trinajstić information content (AvgIpc) is 3.11. The number of likely N-dealkylation sites (tertiary alicyclic amines) is 1. The van der Waals surface area contributed by atoms with Crippen LogP contribution in [0.1, 0.15) is 24.0 Å². The zero-order valence-corrected chi connectivity index (χ0v) is 17.1. The van der Waals surface area contributed by atoms with Gasteiger partial charge in [0.1, 0.15) is 17.1 Å². The Morgan fingerprint density at radius 2 is 1.83 bits per heavy atom. The Hall–Kier alpha value is -3.19. The first-order valence-electron chi connectivity index (χ1n) is 10.2. The van der Waals surface area contributed by atoms with E-state index in [0.29, 0.717) is 44.7 Å². The number of carbonyl (C=O) groups excluding carboxylic acids is 2. The molecule has 4 rings (SSSR count). The van der Waals surface area contributed by atoms with Crippen LogP contribution in [0.3, 0.4) is 0 Å². The molecule has 2 N–H and O–H groups in total. The van der Waals surface area contributed by atoms with Gasteiger partial charge < -0.3 is 15.4 Å². The normalized spacial score (nSPS) is 18.0. The van der Waals surface area contributed by atoms with Gasteiger partial charge in [-0.1, -0.05) is 42.5 Å². The maximum absolute atomic E-state index is 12.4. The largest absolute Gasteiger partial charge is 0.497 e. The van der Waals surface area contributed by atoms with Gasteiger partial charge in [0.15, 0.2) is 0 Å². The van der Waals surface area contributed by atoms with Gasteiger partial charge >= 0.3 is 0 Å². The molecule has 1 spiro atoms. The molecule has 0 unspecified atom stereocenters. The fourth-order valence-electron chi connectivity index (χ4n) is 3.88. The highest BCUT2D eigenvalue weighted by molar-refractivity contribution is 6.46.